The van der Waals surface area contributed by atoms with Gasteiger partial charge in [0.2, 0.25) is 0 Å². The van der Waals surface area contributed by atoms with Crippen LogP contribution < -0.4 is 14.8 Å². The number of benzene rings is 2. The molecule has 0 radical (unpaired) electrons. The first-order chi connectivity index (χ1) is 19.3. The Hall–Kier alpha value is -3.70. The summed E-state index contributed by atoms with van der Waals surface area (Å²) in [5.41, 5.74) is 3.71. The average Bonchev–Trinajstić information content (AvgIpc) is 3.29. The standard InChI is InChI=1S/C29H33N7O3S/c1-35-16-26(30-17-35)40(37,38)34-28-27(31-22-6-4-5-7-23(22)32-28)33-24-15-21(39-3)9-8-19(24)12-18-13-20-10-11-29(20)25(14-18)36(29)2/h4-9,15-18,20,25H,10-14H2,1-3H3,(H,31,33)(H,32,34)/t18?,20?,25-,29?,36?/m0/s1. The van der Waals surface area contributed by atoms with Crippen LogP contribution in [-0.4, -0.2) is 58.6 Å². The molecular formula is C29H33N7O3S. The predicted octanol–water partition coefficient (Wildman–Crippen LogP) is 4.33. The van der Waals surface area contributed by atoms with Crippen LogP contribution in [0.15, 0.2) is 60.0 Å². The number of ether oxygens (including phenoxy) is 1. The highest BCUT2D eigenvalue weighted by atomic mass is 32.2. The Labute approximate surface area is 233 Å². The number of para-hydroxylation sites is 2. The normalized spacial score (nSPS) is 26.9. The van der Waals surface area contributed by atoms with Gasteiger partial charge in [-0.3, -0.25) is 9.62 Å². The van der Waals surface area contributed by atoms with Crippen molar-refractivity contribution in [3.63, 3.8) is 0 Å². The molecular weight excluding hydrogens is 526 g/mol. The molecule has 10 nitrogen and oxygen atoms in total. The summed E-state index contributed by atoms with van der Waals surface area (Å²) >= 11 is 0. The Morgan fingerprint density at radius 1 is 1.07 bits per heavy atom. The molecule has 1 saturated heterocycles. The topological polar surface area (TPSA) is 114 Å². The van der Waals surface area contributed by atoms with Crippen molar-refractivity contribution in [3.8, 4) is 5.75 Å². The molecule has 7 rings (SSSR count). The maximum atomic E-state index is 13.2. The van der Waals surface area contributed by atoms with E-state index in [0.29, 0.717) is 40.1 Å². The molecule has 5 atom stereocenters. The Balaban J connectivity index is 1.23. The number of likely N-dealkylation sites (N-methyl/N-ethyl adjacent to an activating group) is 1. The SMILES string of the molecule is COc1ccc(CC2CC3CCC34[C@H](C2)N4C)c(Nc2nc3ccccc3nc2NS(=O)(=O)c2cn(C)cn2)c1. The number of hydrogen-bond acceptors (Lipinski definition) is 8. The van der Waals surface area contributed by atoms with E-state index in [1.807, 2.05) is 30.3 Å². The van der Waals surface area contributed by atoms with Gasteiger partial charge in [0.05, 0.1) is 24.5 Å². The van der Waals surface area contributed by atoms with Crippen molar-refractivity contribution in [2.45, 2.75) is 48.7 Å². The molecule has 2 N–H and O–H groups in total. The maximum absolute atomic E-state index is 13.2. The summed E-state index contributed by atoms with van der Waals surface area (Å²) in [6, 6.07) is 14.1. The number of methoxy groups -OCH3 is 1. The lowest BCUT2D eigenvalue weighted by Crippen LogP contribution is -2.44. The van der Waals surface area contributed by atoms with E-state index in [9.17, 15) is 8.42 Å². The van der Waals surface area contributed by atoms with Crippen molar-refractivity contribution in [2.24, 2.45) is 18.9 Å². The summed E-state index contributed by atoms with van der Waals surface area (Å²) in [7, 11) is 1.66. The largest absolute Gasteiger partial charge is 0.497 e. The third-order valence-electron chi connectivity index (χ3n) is 9.24. The van der Waals surface area contributed by atoms with Crippen LogP contribution >= 0.6 is 0 Å². The number of fused-ring (bicyclic) bond motifs is 1. The minimum atomic E-state index is -3.99. The number of likely N-dealkylation sites (tertiary alicyclic amines) is 1. The van der Waals surface area contributed by atoms with Gasteiger partial charge in [-0.15, -0.1) is 0 Å². The smallest absolute Gasteiger partial charge is 0.282 e. The summed E-state index contributed by atoms with van der Waals surface area (Å²) in [5, 5.41) is 3.33. The second-order valence-corrected chi connectivity index (χ2v) is 13.1. The maximum Gasteiger partial charge on any atom is 0.282 e. The lowest BCUT2D eigenvalue weighted by Gasteiger charge is -2.43. The van der Waals surface area contributed by atoms with Gasteiger partial charge >= 0.3 is 0 Å². The summed E-state index contributed by atoms with van der Waals surface area (Å²) in [6.45, 7) is 0. The van der Waals surface area contributed by atoms with Crippen LogP contribution in [0.4, 0.5) is 17.3 Å². The molecule has 3 fully saturated rings. The summed E-state index contributed by atoms with van der Waals surface area (Å²) in [5.74, 6) is 2.52. The monoisotopic (exact) mass is 559 g/mol. The van der Waals surface area contributed by atoms with Gasteiger partial charge in [-0.2, -0.15) is 8.42 Å². The van der Waals surface area contributed by atoms with E-state index >= 15 is 0 Å². The van der Waals surface area contributed by atoms with Gasteiger partial charge in [-0.1, -0.05) is 18.2 Å². The van der Waals surface area contributed by atoms with Gasteiger partial charge in [0.15, 0.2) is 16.7 Å². The molecule has 4 aromatic rings. The number of sulfonamides is 1. The highest BCUT2D eigenvalue weighted by molar-refractivity contribution is 7.92. The van der Waals surface area contributed by atoms with E-state index in [0.717, 1.165) is 23.6 Å². The third kappa shape index (κ3) is 4.10. The van der Waals surface area contributed by atoms with Crippen LogP contribution in [0.5, 0.6) is 5.75 Å². The highest BCUT2D eigenvalue weighted by Crippen LogP contribution is 2.65. The van der Waals surface area contributed by atoms with Crippen LogP contribution in [-0.2, 0) is 23.5 Å². The molecule has 1 spiro atoms. The fraction of sp³-hybridized carbons (Fsp3) is 0.414. The summed E-state index contributed by atoms with van der Waals surface area (Å²) in [4.78, 5) is 16.0. The number of aryl methyl sites for hydroxylation is 1. The molecule has 0 amide bonds. The minimum Gasteiger partial charge on any atom is -0.497 e. The molecule has 11 heteroatoms. The quantitative estimate of drug-likeness (QED) is 0.307. The van der Waals surface area contributed by atoms with Gasteiger partial charge < -0.3 is 14.6 Å². The molecule has 2 aromatic heterocycles. The molecule has 2 saturated carbocycles. The van der Waals surface area contributed by atoms with Crippen molar-refractivity contribution < 1.29 is 13.2 Å². The molecule has 3 heterocycles. The van der Waals surface area contributed by atoms with Crippen LogP contribution in [0.3, 0.4) is 0 Å². The number of imidazole rings is 1. The number of aromatic nitrogens is 4. The first-order valence-corrected chi connectivity index (χ1v) is 15.2. The van der Waals surface area contributed by atoms with Crippen LogP contribution in [0.1, 0.15) is 31.2 Å². The molecule has 3 aliphatic rings. The van der Waals surface area contributed by atoms with Gasteiger partial charge in [0.1, 0.15) is 5.75 Å². The molecule has 4 unspecified atom stereocenters. The van der Waals surface area contributed by atoms with Crippen LogP contribution in [0, 0.1) is 11.8 Å². The first-order valence-electron chi connectivity index (χ1n) is 13.7. The molecule has 40 heavy (non-hydrogen) atoms. The summed E-state index contributed by atoms with van der Waals surface area (Å²) < 4.78 is 36.2. The Morgan fingerprint density at radius 2 is 1.85 bits per heavy atom. The number of hydrogen-bond donors (Lipinski definition) is 2. The van der Waals surface area contributed by atoms with Gasteiger partial charge in [0.25, 0.3) is 10.0 Å². The van der Waals surface area contributed by atoms with E-state index in [4.69, 9.17) is 9.72 Å². The molecule has 2 aromatic carbocycles. The van der Waals surface area contributed by atoms with E-state index in [1.165, 1.54) is 38.2 Å². The van der Waals surface area contributed by atoms with Crippen LogP contribution in [0.2, 0.25) is 0 Å². The highest BCUT2D eigenvalue weighted by Gasteiger charge is 2.70. The summed E-state index contributed by atoms with van der Waals surface area (Å²) in [6.07, 6.45) is 8.96. The van der Waals surface area contributed by atoms with E-state index in [2.05, 4.69) is 38.0 Å². The lowest BCUT2D eigenvalue weighted by molar-refractivity contribution is 0.117. The van der Waals surface area contributed by atoms with Gasteiger partial charge in [0, 0.05) is 36.6 Å². The number of nitrogens with one attached hydrogen (secondary N) is 2. The second kappa shape index (κ2) is 9.17. The Morgan fingerprint density at radius 3 is 2.50 bits per heavy atom. The number of anilines is 3. The number of rotatable bonds is 8. The van der Waals surface area contributed by atoms with Crippen molar-refractivity contribution in [2.75, 3.05) is 24.2 Å². The molecule has 1 aliphatic heterocycles. The first kappa shape index (κ1) is 25.3. The Bertz CT molecular complexity index is 1710. The second-order valence-electron chi connectivity index (χ2n) is 11.4. The van der Waals surface area contributed by atoms with E-state index in [-0.39, 0.29) is 10.8 Å². The van der Waals surface area contributed by atoms with E-state index < -0.39 is 10.0 Å². The molecule has 208 valence electrons. The minimum absolute atomic E-state index is 0.0904. The van der Waals surface area contributed by atoms with Crippen molar-refractivity contribution >= 4 is 38.4 Å². The van der Waals surface area contributed by atoms with Crippen molar-refractivity contribution in [1.82, 2.24) is 24.4 Å². The Kier molecular flexibility index (Phi) is 5.79. The fourth-order valence-electron chi connectivity index (χ4n) is 7.06. The van der Waals surface area contributed by atoms with Crippen LogP contribution in [0.25, 0.3) is 11.0 Å². The zero-order valence-corrected chi connectivity index (χ0v) is 23.6. The molecule has 0 bridgehead atoms. The lowest BCUT2D eigenvalue weighted by atomic mass is 9.61. The zero-order chi connectivity index (χ0) is 27.6. The molecule has 2 aliphatic carbocycles. The van der Waals surface area contributed by atoms with Gasteiger partial charge in [-0.05, 0) is 74.8 Å². The van der Waals surface area contributed by atoms with E-state index in [1.54, 1.807) is 24.8 Å². The third-order valence-corrected chi connectivity index (χ3v) is 10.5. The number of nitrogens with zero attached hydrogens (tertiary/aromatic N) is 5. The van der Waals surface area contributed by atoms with Crippen molar-refractivity contribution in [1.29, 1.82) is 0 Å². The van der Waals surface area contributed by atoms with Gasteiger partial charge in [-0.25, -0.2) is 15.0 Å². The zero-order valence-electron chi connectivity index (χ0n) is 22.8. The fourth-order valence-corrected chi connectivity index (χ4v) is 8.05. The average molecular weight is 560 g/mol. The predicted molar refractivity (Wildman–Crippen MR) is 153 cm³/mol. The van der Waals surface area contributed by atoms with Crippen molar-refractivity contribution in [3.05, 3.63) is 60.6 Å².